The van der Waals surface area contributed by atoms with Crippen LogP contribution >= 0.6 is 0 Å². The molecule has 0 saturated carbocycles. The molecule has 0 aromatic heterocycles. The molecule has 28 heavy (non-hydrogen) atoms. The lowest BCUT2D eigenvalue weighted by Crippen LogP contribution is -1.94. The van der Waals surface area contributed by atoms with Crippen molar-refractivity contribution in [2.75, 3.05) is 0 Å². The first-order valence-corrected chi connectivity index (χ1v) is 9.20. The van der Waals surface area contributed by atoms with Crippen LogP contribution in [0.5, 0.6) is 11.5 Å². The van der Waals surface area contributed by atoms with E-state index in [9.17, 15) is 10.1 Å². The normalized spacial score (nSPS) is 14.5. The first kappa shape index (κ1) is 16.5. The second-order valence-corrected chi connectivity index (χ2v) is 7.29. The van der Waals surface area contributed by atoms with Gasteiger partial charge in [0.15, 0.2) is 0 Å². The molecule has 1 aliphatic carbocycles. The predicted molar refractivity (Wildman–Crippen MR) is 109 cm³/mol. The smallest absolute Gasteiger partial charge is 0.288 e. The van der Waals surface area contributed by atoms with Crippen molar-refractivity contribution < 1.29 is 9.53 Å². The van der Waals surface area contributed by atoms with Crippen molar-refractivity contribution >= 4 is 28.0 Å². The molecule has 5 rings (SSSR count). The quantitative estimate of drug-likeness (QED) is 0.627. The molecule has 0 atom stereocenters. The molecule has 0 spiro atoms. The van der Waals surface area contributed by atoms with Gasteiger partial charge in [-0.15, -0.1) is 0 Å². The van der Waals surface area contributed by atoms with E-state index >= 15 is 0 Å². The summed E-state index contributed by atoms with van der Waals surface area (Å²) in [4.78, 5) is 16.2. The summed E-state index contributed by atoms with van der Waals surface area (Å²) in [5.41, 5.74) is 4.37. The number of carbonyl (C=O) groups is 1. The Morgan fingerprint density at radius 3 is 2.50 bits per heavy atom. The Morgan fingerprint density at radius 1 is 1.00 bits per heavy atom. The van der Waals surface area contributed by atoms with Gasteiger partial charge in [-0.1, -0.05) is 44.2 Å². The van der Waals surface area contributed by atoms with E-state index in [4.69, 9.17) is 4.74 Å². The maximum Gasteiger partial charge on any atom is 0.288 e. The molecule has 2 aliphatic rings. The van der Waals surface area contributed by atoms with Gasteiger partial charge in [0.2, 0.25) is 0 Å². The first-order chi connectivity index (χ1) is 13.6. The van der Waals surface area contributed by atoms with Crippen LogP contribution in [0.4, 0.5) is 0 Å². The molecule has 1 amide bonds. The summed E-state index contributed by atoms with van der Waals surface area (Å²) in [6.45, 7) is 4.32. The van der Waals surface area contributed by atoms with Crippen LogP contribution in [-0.2, 0) is 4.79 Å². The predicted octanol–water partition coefficient (Wildman–Crippen LogP) is 5.38. The molecule has 0 fully saturated rings. The van der Waals surface area contributed by atoms with Crippen molar-refractivity contribution in [1.82, 2.24) is 0 Å². The third-order valence-electron chi connectivity index (χ3n) is 5.33. The number of hydrogen-bond acceptors (Lipinski definition) is 3. The number of amides is 1. The largest absolute Gasteiger partial charge is 0.457 e. The fraction of sp³-hybridized carbons (Fsp3) is 0.125. The van der Waals surface area contributed by atoms with E-state index in [1.54, 1.807) is 0 Å². The minimum atomic E-state index is -0.458. The highest BCUT2D eigenvalue weighted by Gasteiger charge is 2.36. The first-order valence-electron chi connectivity index (χ1n) is 9.20. The summed E-state index contributed by atoms with van der Waals surface area (Å²) >= 11 is 0. The molecule has 0 N–H and O–H groups in total. The Morgan fingerprint density at radius 2 is 1.79 bits per heavy atom. The lowest BCUT2D eigenvalue weighted by atomic mass is 10.0. The highest BCUT2D eigenvalue weighted by molar-refractivity contribution is 6.50. The number of fused-ring (bicyclic) bond motifs is 3. The third kappa shape index (κ3) is 2.23. The zero-order chi connectivity index (χ0) is 19.4. The van der Waals surface area contributed by atoms with Gasteiger partial charge in [0, 0.05) is 21.9 Å². The van der Waals surface area contributed by atoms with E-state index in [1.807, 2.05) is 48.5 Å². The number of benzene rings is 3. The average molecular weight is 364 g/mol. The van der Waals surface area contributed by atoms with Gasteiger partial charge in [0.05, 0.1) is 5.71 Å². The van der Waals surface area contributed by atoms with Gasteiger partial charge in [-0.3, -0.25) is 4.79 Å². The minimum Gasteiger partial charge on any atom is -0.457 e. The van der Waals surface area contributed by atoms with E-state index in [-0.39, 0.29) is 5.57 Å². The summed E-state index contributed by atoms with van der Waals surface area (Å²) in [7, 11) is 0. The van der Waals surface area contributed by atoms with Crippen LogP contribution in [0.1, 0.15) is 36.5 Å². The molecule has 0 radical (unpaired) electrons. The van der Waals surface area contributed by atoms with Crippen LogP contribution < -0.4 is 4.74 Å². The van der Waals surface area contributed by atoms with E-state index in [0.717, 1.165) is 33.4 Å². The molecule has 4 heteroatoms. The molecule has 0 unspecified atom stereocenters. The number of carbonyl (C=O) groups excluding carboxylic acids is 1. The van der Waals surface area contributed by atoms with Crippen molar-refractivity contribution in [3.63, 3.8) is 0 Å². The minimum absolute atomic E-state index is 0.116. The SMILES string of the molecule is CC(C)c1ccc(Oc2ccc3c4c(cccc24)C2=C(C#N)C(=O)N=C23)cc1. The fourth-order valence-electron chi connectivity index (χ4n) is 3.92. The Kier molecular flexibility index (Phi) is 3.47. The second-order valence-electron chi connectivity index (χ2n) is 7.29. The van der Waals surface area contributed by atoms with Gasteiger partial charge in [0.1, 0.15) is 23.1 Å². The Hall–Kier alpha value is -3.71. The lowest BCUT2D eigenvalue weighted by molar-refractivity contribution is -0.113. The molecule has 3 aromatic carbocycles. The lowest BCUT2D eigenvalue weighted by Gasteiger charge is -2.12. The molecule has 4 nitrogen and oxygen atoms in total. The second kappa shape index (κ2) is 5.90. The van der Waals surface area contributed by atoms with E-state index in [2.05, 4.69) is 31.0 Å². The van der Waals surface area contributed by atoms with E-state index in [1.165, 1.54) is 5.56 Å². The van der Waals surface area contributed by atoms with Gasteiger partial charge >= 0.3 is 0 Å². The maximum absolute atomic E-state index is 12.0. The van der Waals surface area contributed by atoms with Crippen molar-refractivity contribution in [2.24, 2.45) is 4.99 Å². The summed E-state index contributed by atoms with van der Waals surface area (Å²) < 4.78 is 6.17. The van der Waals surface area contributed by atoms with Crippen molar-refractivity contribution in [3.05, 3.63) is 76.9 Å². The Bertz CT molecular complexity index is 1270. The molecule has 134 valence electrons. The van der Waals surface area contributed by atoms with Gasteiger partial charge in [-0.25, -0.2) is 4.99 Å². The third-order valence-corrected chi connectivity index (χ3v) is 5.33. The van der Waals surface area contributed by atoms with Crippen molar-refractivity contribution in [1.29, 1.82) is 5.26 Å². The summed E-state index contributed by atoms with van der Waals surface area (Å²) in [5.74, 6) is 1.52. The molecule has 0 saturated heterocycles. The number of hydrogen-bond donors (Lipinski definition) is 0. The van der Waals surface area contributed by atoms with Crippen LogP contribution in [0.25, 0.3) is 16.3 Å². The molecular weight excluding hydrogens is 348 g/mol. The Balaban J connectivity index is 1.64. The summed E-state index contributed by atoms with van der Waals surface area (Å²) in [6, 6.07) is 19.8. The van der Waals surface area contributed by atoms with Crippen LogP contribution in [0.15, 0.2) is 65.2 Å². The molecule has 1 aliphatic heterocycles. The summed E-state index contributed by atoms with van der Waals surface area (Å²) in [5, 5.41) is 11.3. The fourth-order valence-corrected chi connectivity index (χ4v) is 3.92. The number of nitrogens with zero attached hydrogens (tertiary/aromatic N) is 2. The maximum atomic E-state index is 12.0. The number of aliphatic imine (C=N–C) groups is 1. The molecule has 0 bridgehead atoms. The van der Waals surface area contributed by atoms with Crippen molar-refractivity contribution in [2.45, 2.75) is 19.8 Å². The number of allylic oxidation sites excluding steroid dienone is 1. The number of ether oxygens (including phenoxy) is 1. The average Bonchev–Trinajstić information content (AvgIpc) is 3.19. The zero-order valence-corrected chi connectivity index (χ0v) is 15.5. The monoisotopic (exact) mass is 364 g/mol. The van der Waals surface area contributed by atoms with Crippen LogP contribution in [0.2, 0.25) is 0 Å². The molecule has 3 aromatic rings. The zero-order valence-electron chi connectivity index (χ0n) is 15.5. The van der Waals surface area contributed by atoms with Crippen LogP contribution in [0, 0.1) is 11.3 Å². The van der Waals surface area contributed by atoms with Gasteiger partial charge in [-0.2, -0.15) is 5.26 Å². The highest BCUT2D eigenvalue weighted by atomic mass is 16.5. The molecular formula is C24H16N2O2. The standard InChI is InChI=1S/C24H16N2O2/c1-13(2)14-6-8-15(9-7-14)28-20-11-10-18-21-16(20)4-3-5-17(21)22-19(12-25)24(27)26-23(18)22/h3-11,13H,1-2H3. The number of rotatable bonds is 3. The van der Waals surface area contributed by atoms with E-state index < -0.39 is 5.91 Å². The van der Waals surface area contributed by atoms with E-state index in [0.29, 0.717) is 17.2 Å². The van der Waals surface area contributed by atoms with Gasteiger partial charge in [-0.05, 0) is 41.3 Å². The van der Waals surface area contributed by atoms with Gasteiger partial charge < -0.3 is 4.74 Å². The Labute approximate surface area is 162 Å². The van der Waals surface area contributed by atoms with Gasteiger partial charge in [0.25, 0.3) is 5.91 Å². The highest BCUT2D eigenvalue weighted by Crippen LogP contribution is 2.45. The summed E-state index contributed by atoms with van der Waals surface area (Å²) in [6.07, 6.45) is 0. The van der Waals surface area contributed by atoms with Crippen LogP contribution in [-0.4, -0.2) is 11.6 Å². The van der Waals surface area contributed by atoms with Crippen molar-refractivity contribution in [3.8, 4) is 17.6 Å². The molecule has 1 heterocycles. The number of nitriles is 1. The van der Waals surface area contributed by atoms with Crippen LogP contribution in [0.3, 0.4) is 0 Å². The topological polar surface area (TPSA) is 62.4 Å².